The molecule has 0 radical (unpaired) electrons. The van der Waals surface area contributed by atoms with Gasteiger partial charge in [-0.15, -0.1) is 11.3 Å². The van der Waals surface area contributed by atoms with Crippen molar-refractivity contribution in [1.29, 1.82) is 0 Å². The van der Waals surface area contributed by atoms with E-state index in [0.717, 1.165) is 17.9 Å². The first-order valence-corrected chi connectivity index (χ1v) is 7.22. The van der Waals surface area contributed by atoms with E-state index >= 15 is 0 Å². The highest BCUT2D eigenvalue weighted by Crippen LogP contribution is 2.28. The fraction of sp³-hybridized carbons (Fsp3) is 0.636. The molecule has 1 atom stereocenters. The Morgan fingerprint density at radius 1 is 1.71 bits per heavy atom. The number of carbonyl (C=O) groups is 1. The van der Waals surface area contributed by atoms with Gasteiger partial charge < -0.3 is 10.8 Å². The van der Waals surface area contributed by atoms with Gasteiger partial charge in [0.2, 0.25) is 0 Å². The summed E-state index contributed by atoms with van der Waals surface area (Å²) in [4.78, 5) is 16.3. The predicted molar refractivity (Wildman–Crippen MR) is 72.7 cm³/mol. The number of nitrogens with zero attached hydrogens (tertiary/aromatic N) is 1. The second-order valence-electron chi connectivity index (χ2n) is 4.38. The van der Waals surface area contributed by atoms with E-state index in [-0.39, 0.29) is 0 Å². The van der Waals surface area contributed by atoms with E-state index in [9.17, 15) is 4.79 Å². The number of rotatable bonds is 6. The molecule has 1 aromatic heterocycles. The fourth-order valence-electron chi connectivity index (χ4n) is 1.36. The maximum atomic E-state index is 10.8. The topological polar surface area (TPSA) is 76.2 Å². The Kier molecular flexibility index (Phi) is 4.97. The molecule has 0 amide bonds. The monoisotopic (exact) mass is 274 g/mol. The molecule has 1 rings (SSSR count). The van der Waals surface area contributed by atoms with Crippen LogP contribution in [0.3, 0.4) is 0 Å². The van der Waals surface area contributed by atoms with Crippen molar-refractivity contribution in [3.8, 4) is 0 Å². The number of nitrogens with two attached hydrogens (primary N) is 1. The van der Waals surface area contributed by atoms with Crippen LogP contribution in [0, 0.1) is 6.92 Å². The molecule has 1 heterocycles. The molecular weight excluding hydrogens is 256 g/mol. The summed E-state index contributed by atoms with van der Waals surface area (Å²) in [7, 11) is 0. The van der Waals surface area contributed by atoms with Crippen LogP contribution in [0.2, 0.25) is 0 Å². The molecule has 0 saturated heterocycles. The van der Waals surface area contributed by atoms with Crippen LogP contribution in [-0.4, -0.2) is 32.6 Å². The first kappa shape index (κ1) is 14.5. The summed E-state index contributed by atoms with van der Waals surface area (Å²) >= 11 is 3.24. The molecule has 17 heavy (non-hydrogen) atoms. The van der Waals surface area contributed by atoms with Crippen molar-refractivity contribution in [3.05, 3.63) is 16.1 Å². The highest BCUT2D eigenvalue weighted by atomic mass is 32.2. The predicted octanol–water partition coefficient (Wildman–Crippen LogP) is 1.92. The molecule has 0 aliphatic heterocycles. The average molecular weight is 274 g/mol. The van der Waals surface area contributed by atoms with E-state index in [2.05, 4.69) is 4.98 Å². The summed E-state index contributed by atoms with van der Waals surface area (Å²) in [5, 5.41) is 8.90. The highest BCUT2D eigenvalue weighted by Gasteiger charge is 2.32. The molecule has 0 saturated carbocycles. The molecule has 0 aliphatic rings. The van der Waals surface area contributed by atoms with Gasteiger partial charge >= 0.3 is 5.97 Å². The van der Waals surface area contributed by atoms with Gasteiger partial charge in [-0.1, -0.05) is 0 Å². The van der Waals surface area contributed by atoms with Gasteiger partial charge in [0, 0.05) is 9.62 Å². The lowest BCUT2D eigenvalue weighted by Gasteiger charge is -2.27. The molecule has 0 unspecified atom stereocenters. The quantitative estimate of drug-likeness (QED) is 0.829. The number of thiazole rings is 1. The van der Waals surface area contributed by atoms with E-state index in [0.29, 0.717) is 0 Å². The number of carboxylic acids is 1. The van der Waals surface area contributed by atoms with Crippen LogP contribution < -0.4 is 5.73 Å². The van der Waals surface area contributed by atoms with Crippen molar-refractivity contribution in [2.75, 3.05) is 5.75 Å². The standard InChI is InChI=1S/C11H18N2O2S2/c1-7-8(16-6-13-7)4-5-17-11(2,3)9(12)10(14)15/h6,9H,4-5,12H2,1-3H3,(H,14,15)/t9-/m1/s1. The summed E-state index contributed by atoms with van der Waals surface area (Å²) < 4.78 is -0.454. The minimum atomic E-state index is -0.948. The van der Waals surface area contributed by atoms with E-state index in [1.54, 1.807) is 23.1 Å². The molecule has 4 nitrogen and oxygen atoms in total. The van der Waals surface area contributed by atoms with Crippen LogP contribution in [0.15, 0.2) is 5.51 Å². The molecule has 0 spiro atoms. The number of aliphatic carboxylic acids is 1. The maximum Gasteiger partial charge on any atom is 0.321 e. The molecule has 1 aromatic rings. The van der Waals surface area contributed by atoms with Crippen LogP contribution in [-0.2, 0) is 11.2 Å². The van der Waals surface area contributed by atoms with Crippen molar-refractivity contribution in [2.45, 2.75) is 38.0 Å². The number of hydrogen-bond donors (Lipinski definition) is 2. The smallest absolute Gasteiger partial charge is 0.321 e. The minimum Gasteiger partial charge on any atom is -0.480 e. The van der Waals surface area contributed by atoms with Gasteiger partial charge in [0.25, 0.3) is 0 Å². The van der Waals surface area contributed by atoms with Gasteiger partial charge in [0.15, 0.2) is 0 Å². The Morgan fingerprint density at radius 2 is 2.35 bits per heavy atom. The molecule has 0 fully saturated rings. The molecule has 3 N–H and O–H groups in total. The third-order valence-corrected chi connectivity index (χ3v) is 5.06. The Balaban J connectivity index is 2.45. The van der Waals surface area contributed by atoms with Crippen LogP contribution in [0.25, 0.3) is 0 Å². The van der Waals surface area contributed by atoms with Crippen molar-refractivity contribution in [1.82, 2.24) is 4.98 Å². The van der Waals surface area contributed by atoms with E-state index in [4.69, 9.17) is 10.8 Å². The third kappa shape index (κ3) is 3.97. The van der Waals surface area contributed by atoms with Gasteiger partial charge in [0.05, 0.1) is 11.2 Å². The fourth-order valence-corrected chi connectivity index (χ4v) is 3.38. The van der Waals surface area contributed by atoms with Gasteiger partial charge in [-0.2, -0.15) is 11.8 Å². The average Bonchev–Trinajstić information content (AvgIpc) is 2.63. The molecule has 6 heteroatoms. The van der Waals surface area contributed by atoms with Gasteiger partial charge in [-0.05, 0) is 32.9 Å². The lowest BCUT2D eigenvalue weighted by molar-refractivity contribution is -0.139. The summed E-state index contributed by atoms with van der Waals surface area (Å²) in [6.07, 6.45) is 0.914. The number of aromatic nitrogens is 1. The highest BCUT2D eigenvalue weighted by molar-refractivity contribution is 8.00. The molecule has 96 valence electrons. The zero-order valence-electron chi connectivity index (χ0n) is 10.3. The normalized spacial score (nSPS) is 13.6. The van der Waals surface area contributed by atoms with Crippen LogP contribution in [0.5, 0.6) is 0 Å². The van der Waals surface area contributed by atoms with E-state index < -0.39 is 16.8 Å². The summed E-state index contributed by atoms with van der Waals surface area (Å²) in [5.41, 5.74) is 8.56. The number of thioether (sulfide) groups is 1. The maximum absolute atomic E-state index is 10.8. The molecule has 0 aliphatic carbocycles. The Bertz CT molecular complexity index is 391. The first-order valence-electron chi connectivity index (χ1n) is 5.36. The van der Waals surface area contributed by atoms with E-state index in [1.165, 1.54) is 4.88 Å². The number of aryl methyl sites for hydroxylation is 2. The molecular formula is C11H18N2O2S2. The Labute approximate surface area is 110 Å². The summed E-state index contributed by atoms with van der Waals surface area (Å²) in [5.74, 6) is -0.0896. The van der Waals surface area contributed by atoms with Crippen LogP contribution in [0.4, 0.5) is 0 Å². The molecule has 0 aromatic carbocycles. The second kappa shape index (κ2) is 5.84. The zero-order valence-corrected chi connectivity index (χ0v) is 11.9. The van der Waals surface area contributed by atoms with E-state index in [1.807, 2.05) is 26.3 Å². The van der Waals surface area contributed by atoms with Gasteiger partial charge in [-0.3, -0.25) is 4.79 Å². The van der Waals surface area contributed by atoms with Gasteiger partial charge in [0.1, 0.15) is 6.04 Å². The largest absolute Gasteiger partial charge is 0.480 e. The van der Waals surface area contributed by atoms with Crippen molar-refractivity contribution in [2.24, 2.45) is 5.73 Å². The van der Waals surface area contributed by atoms with Gasteiger partial charge in [-0.25, -0.2) is 4.98 Å². The lowest BCUT2D eigenvalue weighted by atomic mass is 10.1. The first-order chi connectivity index (χ1) is 7.84. The van der Waals surface area contributed by atoms with Crippen molar-refractivity contribution in [3.63, 3.8) is 0 Å². The summed E-state index contributed by atoms with van der Waals surface area (Å²) in [6, 6.07) is -0.838. The van der Waals surface area contributed by atoms with Crippen LogP contribution in [0.1, 0.15) is 24.4 Å². The SMILES string of the molecule is Cc1ncsc1CCSC(C)(C)[C@H](N)C(=O)O. The van der Waals surface area contributed by atoms with Crippen molar-refractivity contribution < 1.29 is 9.90 Å². The zero-order chi connectivity index (χ0) is 13.1. The van der Waals surface area contributed by atoms with Crippen molar-refractivity contribution >= 4 is 29.1 Å². The summed E-state index contributed by atoms with van der Waals surface area (Å²) in [6.45, 7) is 5.73. The minimum absolute atomic E-state index is 0.454. The third-order valence-electron chi connectivity index (χ3n) is 2.66. The second-order valence-corrected chi connectivity index (χ2v) is 7.07. The Morgan fingerprint density at radius 3 is 2.82 bits per heavy atom. The lowest BCUT2D eigenvalue weighted by Crippen LogP contribution is -2.46. The number of hydrogen-bond acceptors (Lipinski definition) is 5. The van der Waals surface area contributed by atoms with Crippen LogP contribution >= 0.6 is 23.1 Å². The number of carboxylic acid groups (broad SMARTS) is 1. The molecule has 0 bridgehead atoms. The Hall–Kier alpha value is -0.590.